The van der Waals surface area contributed by atoms with Crippen LogP contribution in [0.4, 0.5) is 34.1 Å². The fourth-order valence-electron chi connectivity index (χ4n) is 9.41. The second-order valence-corrected chi connectivity index (χ2v) is 17.3. The Labute approximate surface area is 400 Å². The summed E-state index contributed by atoms with van der Waals surface area (Å²) in [5.41, 5.74) is 21.5. The van der Waals surface area contributed by atoms with Gasteiger partial charge >= 0.3 is 0 Å². The van der Waals surface area contributed by atoms with E-state index in [1.165, 1.54) is 66.8 Å². The highest BCUT2D eigenvalue weighted by molar-refractivity contribution is 5.87. The first kappa shape index (κ1) is 41.9. The van der Waals surface area contributed by atoms with Crippen molar-refractivity contribution < 1.29 is 0 Å². The lowest BCUT2D eigenvalue weighted by molar-refractivity contribution is 1.06. The molecular weight excluding hydrogens is 821 g/mol. The molecule has 0 radical (unpaired) electrons. The van der Waals surface area contributed by atoms with Gasteiger partial charge in [0, 0.05) is 34.1 Å². The molecule has 1 aliphatic rings. The Morgan fingerprint density at radius 3 is 0.941 bits per heavy atom. The fraction of sp³-hybridized carbons (Fsp3) is 0.0303. The molecule has 0 atom stereocenters. The summed E-state index contributed by atoms with van der Waals surface area (Å²) in [6, 6.07) is 96.0. The lowest BCUT2D eigenvalue weighted by atomic mass is 9.90. The predicted molar refractivity (Wildman–Crippen MR) is 289 cm³/mol. The summed E-state index contributed by atoms with van der Waals surface area (Å²) in [5.74, 6) is 0. The Morgan fingerprint density at radius 1 is 0.235 bits per heavy atom. The van der Waals surface area contributed by atoms with Crippen LogP contribution in [0.3, 0.4) is 0 Å². The fourth-order valence-corrected chi connectivity index (χ4v) is 9.41. The third-order valence-corrected chi connectivity index (χ3v) is 13.0. The smallest absolute Gasteiger partial charge is 0.0462 e. The Kier molecular flexibility index (Phi) is 12.0. The van der Waals surface area contributed by atoms with Gasteiger partial charge in [-0.25, -0.2) is 0 Å². The molecule has 10 aromatic carbocycles. The van der Waals surface area contributed by atoms with E-state index in [9.17, 15) is 0 Å². The number of hydrogen-bond acceptors (Lipinski definition) is 2. The highest BCUT2D eigenvalue weighted by atomic mass is 15.1. The van der Waals surface area contributed by atoms with Crippen LogP contribution in [0, 0.1) is 0 Å². The molecule has 0 amide bonds. The van der Waals surface area contributed by atoms with Gasteiger partial charge in [-0.2, -0.15) is 0 Å². The quantitative estimate of drug-likeness (QED) is 0.121. The van der Waals surface area contributed by atoms with Gasteiger partial charge in [-0.3, -0.25) is 0 Å². The Balaban J connectivity index is 0.808. The van der Waals surface area contributed by atoms with Gasteiger partial charge in [0.25, 0.3) is 0 Å². The number of hydrogen-bond donors (Lipinski definition) is 0. The minimum absolute atomic E-state index is 1.05. The molecule has 0 unspecified atom stereocenters. The molecule has 0 spiro atoms. The summed E-state index contributed by atoms with van der Waals surface area (Å²) in [7, 11) is 0. The van der Waals surface area contributed by atoms with Crippen molar-refractivity contribution in [1.82, 2.24) is 0 Å². The van der Waals surface area contributed by atoms with Gasteiger partial charge in [0.15, 0.2) is 0 Å². The van der Waals surface area contributed by atoms with Crippen molar-refractivity contribution in [3.8, 4) is 44.5 Å². The SMILES string of the molecule is C1=C(c2ccc(N(c3ccccc3)c3ccc(-c4ccc(-c5ccc(N(c6ccccc6)c6ccc(-c7cccc(-c8ccccc8)c7)cc6)cc5)cc4)cc3)cc2)C=C(c2ccccc2)CC1. The largest absolute Gasteiger partial charge is 0.311 e. The van der Waals surface area contributed by atoms with Crippen molar-refractivity contribution >= 4 is 45.3 Å². The molecule has 0 fully saturated rings. The van der Waals surface area contributed by atoms with Crippen molar-refractivity contribution in [1.29, 1.82) is 0 Å². The maximum absolute atomic E-state index is 2.37. The molecule has 2 nitrogen and oxygen atoms in total. The molecule has 0 N–H and O–H groups in total. The molecule has 0 saturated heterocycles. The first-order valence-corrected chi connectivity index (χ1v) is 23.5. The first-order valence-electron chi connectivity index (χ1n) is 23.5. The monoisotopic (exact) mass is 870 g/mol. The van der Waals surface area contributed by atoms with Crippen LogP contribution in [0.25, 0.3) is 55.7 Å². The van der Waals surface area contributed by atoms with E-state index in [0.29, 0.717) is 0 Å². The molecule has 324 valence electrons. The number of allylic oxidation sites excluding steroid dienone is 4. The predicted octanol–water partition coefficient (Wildman–Crippen LogP) is 18.6. The highest BCUT2D eigenvalue weighted by Gasteiger charge is 2.16. The van der Waals surface area contributed by atoms with Crippen LogP contribution < -0.4 is 9.80 Å². The lowest BCUT2D eigenvalue weighted by Crippen LogP contribution is -2.09. The Morgan fingerprint density at radius 2 is 0.529 bits per heavy atom. The summed E-state index contributed by atoms with van der Waals surface area (Å²) >= 11 is 0. The summed E-state index contributed by atoms with van der Waals surface area (Å²) in [6.45, 7) is 0. The molecule has 2 heteroatoms. The van der Waals surface area contributed by atoms with E-state index in [1.54, 1.807) is 0 Å². The van der Waals surface area contributed by atoms with Crippen LogP contribution in [0.2, 0.25) is 0 Å². The molecule has 11 rings (SSSR count). The molecule has 0 saturated carbocycles. The molecule has 10 aromatic rings. The number of rotatable bonds is 12. The van der Waals surface area contributed by atoms with E-state index in [1.807, 2.05) is 0 Å². The molecule has 0 aromatic heterocycles. The molecule has 68 heavy (non-hydrogen) atoms. The third-order valence-electron chi connectivity index (χ3n) is 13.0. The molecular formula is C66H50N2. The average molecular weight is 871 g/mol. The topological polar surface area (TPSA) is 6.48 Å². The van der Waals surface area contributed by atoms with Gasteiger partial charge in [-0.05, 0) is 158 Å². The summed E-state index contributed by atoms with van der Waals surface area (Å²) in [6.07, 6.45) is 6.85. The van der Waals surface area contributed by atoms with E-state index < -0.39 is 0 Å². The van der Waals surface area contributed by atoms with Crippen molar-refractivity contribution in [2.45, 2.75) is 12.8 Å². The highest BCUT2D eigenvalue weighted by Crippen LogP contribution is 2.40. The molecule has 0 heterocycles. The number of anilines is 6. The zero-order valence-electron chi connectivity index (χ0n) is 37.9. The minimum atomic E-state index is 1.05. The zero-order valence-corrected chi connectivity index (χ0v) is 37.9. The van der Waals surface area contributed by atoms with Crippen molar-refractivity contribution in [3.63, 3.8) is 0 Å². The van der Waals surface area contributed by atoms with Gasteiger partial charge in [0.05, 0.1) is 0 Å². The second-order valence-electron chi connectivity index (χ2n) is 17.3. The zero-order chi connectivity index (χ0) is 45.5. The maximum Gasteiger partial charge on any atom is 0.0462 e. The Bertz CT molecular complexity index is 3300. The number of para-hydroxylation sites is 2. The normalized spacial score (nSPS) is 12.2. The average Bonchev–Trinajstić information content (AvgIpc) is 3.43. The van der Waals surface area contributed by atoms with Gasteiger partial charge in [0.1, 0.15) is 0 Å². The van der Waals surface area contributed by atoms with Crippen LogP contribution >= 0.6 is 0 Å². The van der Waals surface area contributed by atoms with E-state index >= 15 is 0 Å². The third kappa shape index (κ3) is 9.09. The van der Waals surface area contributed by atoms with Crippen LogP contribution in [-0.2, 0) is 0 Å². The molecule has 1 aliphatic carbocycles. The minimum Gasteiger partial charge on any atom is -0.311 e. The standard InChI is InChI=1S/C66H50N2/c1-5-15-49(16-6-1)57-19-13-21-59(47-57)55-35-43-65(44-36-55)67(61-23-9-3-10-24-61)63-39-31-53(32-40-63)51-27-29-52(30-28-51)54-33-41-64(42-34-54)68(62-25-11-4-12-26-62)66-45-37-56(38-46-66)60-22-14-20-58(48-60)50-17-7-2-8-18-50/h1-13,15-19,21-48H,14,20H2. The lowest BCUT2D eigenvalue weighted by Gasteiger charge is -2.26. The van der Waals surface area contributed by atoms with Crippen molar-refractivity contribution in [3.05, 3.63) is 290 Å². The van der Waals surface area contributed by atoms with E-state index in [-0.39, 0.29) is 0 Å². The van der Waals surface area contributed by atoms with Gasteiger partial charge in [-0.1, -0.05) is 200 Å². The van der Waals surface area contributed by atoms with Crippen LogP contribution in [0.1, 0.15) is 24.0 Å². The van der Waals surface area contributed by atoms with Crippen molar-refractivity contribution in [2.75, 3.05) is 9.80 Å². The first-order chi connectivity index (χ1) is 33.7. The van der Waals surface area contributed by atoms with E-state index in [4.69, 9.17) is 0 Å². The van der Waals surface area contributed by atoms with Gasteiger partial charge in [-0.15, -0.1) is 0 Å². The maximum atomic E-state index is 2.37. The van der Waals surface area contributed by atoms with Gasteiger partial charge in [0.2, 0.25) is 0 Å². The summed E-state index contributed by atoms with van der Waals surface area (Å²) < 4.78 is 0. The second kappa shape index (κ2) is 19.4. The number of benzene rings is 10. The van der Waals surface area contributed by atoms with Crippen LogP contribution in [-0.4, -0.2) is 0 Å². The van der Waals surface area contributed by atoms with Crippen LogP contribution in [0.15, 0.2) is 279 Å². The molecule has 0 aliphatic heterocycles. The van der Waals surface area contributed by atoms with E-state index in [0.717, 1.165) is 47.0 Å². The number of nitrogens with zero attached hydrogens (tertiary/aromatic N) is 2. The Hall–Kier alpha value is -8.72. The van der Waals surface area contributed by atoms with Gasteiger partial charge < -0.3 is 9.80 Å². The van der Waals surface area contributed by atoms with Crippen LogP contribution in [0.5, 0.6) is 0 Å². The summed E-state index contributed by atoms with van der Waals surface area (Å²) in [5, 5.41) is 0. The van der Waals surface area contributed by atoms with Crippen molar-refractivity contribution in [2.24, 2.45) is 0 Å². The van der Waals surface area contributed by atoms with E-state index in [2.05, 4.69) is 289 Å². The summed E-state index contributed by atoms with van der Waals surface area (Å²) in [4.78, 5) is 4.66. The molecule has 0 bridgehead atoms.